The quantitative estimate of drug-likeness (QED) is 0.793. The standard InChI is InChI=1S/C12H22F3NO3S/c1-7-8(9(17)19-6)11(5,12(13,14)15)16-20(18)10(2,3)4/h8,16H,7H2,1-6H3/t8-,11-,20+/m1/s1. The number of hydrogen-bond acceptors (Lipinski definition) is 3. The molecule has 0 unspecified atom stereocenters. The Labute approximate surface area is 120 Å². The molecule has 120 valence electrons. The topological polar surface area (TPSA) is 55.4 Å². The molecule has 0 aromatic rings. The number of methoxy groups -OCH3 is 1. The van der Waals surface area contributed by atoms with Crippen molar-refractivity contribution < 1.29 is 26.9 Å². The Hall–Kier alpha value is -0.630. The Morgan fingerprint density at radius 2 is 1.70 bits per heavy atom. The molecule has 0 aromatic carbocycles. The van der Waals surface area contributed by atoms with Crippen LogP contribution in [-0.2, 0) is 20.5 Å². The van der Waals surface area contributed by atoms with E-state index in [1.807, 2.05) is 0 Å². The first-order chi connectivity index (χ1) is 8.81. The van der Waals surface area contributed by atoms with Crippen molar-refractivity contribution in [3.8, 4) is 0 Å². The number of carbonyl (C=O) groups is 1. The van der Waals surface area contributed by atoms with Gasteiger partial charge in [-0.1, -0.05) is 6.92 Å². The molecule has 0 amide bonds. The molecule has 4 nitrogen and oxygen atoms in total. The summed E-state index contributed by atoms with van der Waals surface area (Å²) in [6, 6.07) is 0. The van der Waals surface area contributed by atoms with Gasteiger partial charge in [-0.15, -0.1) is 0 Å². The van der Waals surface area contributed by atoms with Gasteiger partial charge in [0, 0.05) is 0 Å². The zero-order valence-electron chi connectivity index (χ0n) is 12.6. The van der Waals surface area contributed by atoms with Gasteiger partial charge < -0.3 is 4.74 Å². The maximum Gasteiger partial charge on any atom is 0.408 e. The molecular weight excluding hydrogens is 295 g/mol. The minimum absolute atomic E-state index is 0.0863. The van der Waals surface area contributed by atoms with Crippen LogP contribution in [0.25, 0.3) is 0 Å². The van der Waals surface area contributed by atoms with Gasteiger partial charge in [0.1, 0.15) is 5.54 Å². The molecule has 1 N–H and O–H groups in total. The van der Waals surface area contributed by atoms with E-state index in [2.05, 4.69) is 9.46 Å². The van der Waals surface area contributed by atoms with Crippen molar-refractivity contribution >= 4 is 17.0 Å². The number of rotatable bonds is 5. The van der Waals surface area contributed by atoms with E-state index in [1.165, 1.54) is 6.92 Å². The first kappa shape index (κ1) is 19.4. The molecule has 0 bridgehead atoms. The van der Waals surface area contributed by atoms with Crippen molar-refractivity contribution in [1.29, 1.82) is 0 Å². The third kappa shape index (κ3) is 4.18. The molecule has 0 saturated heterocycles. The van der Waals surface area contributed by atoms with Crippen molar-refractivity contribution in [2.24, 2.45) is 5.92 Å². The lowest BCUT2D eigenvalue weighted by Crippen LogP contribution is -2.63. The first-order valence-corrected chi connectivity index (χ1v) is 7.30. The van der Waals surface area contributed by atoms with Gasteiger partial charge in [-0.05, 0) is 34.1 Å². The van der Waals surface area contributed by atoms with Crippen LogP contribution >= 0.6 is 0 Å². The summed E-state index contributed by atoms with van der Waals surface area (Å²) in [7, 11) is -0.941. The highest BCUT2D eigenvalue weighted by Crippen LogP contribution is 2.39. The second kappa shape index (κ2) is 6.43. The van der Waals surface area contributed by atoms with E-state index in [0.717, 1.165) is 14.0 Å². The van der Waals surface area contributed by atoms with Crippen LogP contribution in [0.15, 0.2) is 0 Å². The van der Waals surface area contributed by atoms with Crippen LogP contribution in [0.4, 0.5) is 13.2 Å². The van der Waals surface area contributed by atoms with Crippen molar-refractivity contribution in [3.63, 3.8) is 0 Å². The third-order valence-corrected chi connectivity index (χ3v) is 4.76. The molecular formula is C12H22F3NO3S. The van der Waals surface area contributed by atoms with E-state index in [4.69, 9.17) is 0 Å². The number of hydrogen-bond donors (Lipinski definition) is 1. The van der Waals surface area contributed by atoms with E-state index >= 15 is 0 Å². The predicted octanol–water partition coefficient (Wildman–Crippen LogP) is 2.56. The second-order valence-electron chi connectivity index (χ2n) is 5.67. The van der Waals surface area contributed by atoms with E-state index in [0.29, 0.717) is 0 Å². The summed E-state index contributed by atoms with van der Waals surface area (Å²) in [5.41, 5.74) is -2.62. The molecule has 3 atom stereocenters. The summed E-state index contributed by atoms with van der Waals surface area (Å²) in [4.78, 5) is 11.6. The molecule has 0 heterocycles. The number of ether oxygens (including phenoxy) is 1. The van der Waals surface area contributed by atoms with E-state index in [1.54, 1.807) is 20.8 Å². The van der Waals surface area contributed by atoms with Crippen LogP contribution in [0, 0.1) is 5.92 Å². The van der Waals surface area contributed by atoms with E-state index in [9.17, 15) is 22.2 Å². The van der Waals surface area contributed by atoms with Crippen molar-refractivity contribution in [1.82, 2.24) is 4.72 Å². The lowest BCUT2D eigenvalue weighted by molar-refractivity contribution is -0.207. The normalized spacial score (nSPS) is 19.1. The van der Waals surface area contributed by atoms with Crippen molar-refractivity contribution in [2.45, 2.75) is 57.5 Å². The van der Waals surface area contributed by atoms with Gasteiger partial charge >= 0.3 is 12.1 Å². The highest BCUT2D eigenvalue weighted by molar-refractivity contribution is 7.84. The number of halogens is 3. The Morgan fingerprint density at radius 3 is 1.95 bits per heavy atom. The minimum atomic E-state index is -4.75. The lowest BCUT2D eigenvalue weighted by atomic mass is 9.84. The molecule has 0 aliphatic carbocycles. The minimum Gasteiger partial charge on any atom is -0.469 e. The molecule has 0 aliphatic heterocycles. The number of alkyl halides is 3. The van der Waals surface area contributed by atoms with Crippen LogP contribution in [0.5, 0.6) is 0 Å². The van der Waals surface area contributed by atoms with Gasteiger partial charge in [-0.2, -0.15) is 13.2 Å². The average Bonchev–Trinajstić information content (AvgIpc) is 2.26. The molecule has 8 heteroatoms. The molecule has 0 rings (SSSR count). The Morgan fingerprint density at radius 1 is 1.25 bits per heavy atom. The van der Waals surface area contributed by atoms with Crippen LogP contribution < -0.4 is 4.72 Å². The van der Waals surface area contributed by atoms with Gasteiger partial charge in [-0.25, -0.2) is 8.93 Å². The average molecular weight is 317 g/mol. The number of nitrogens with one attached hydrogen (secondary N) is 1. The zero-order valence-corrected chi connectivity index (χ0v) is 13.4. The smallest absolute Gasteiger partial charge is 0.408 e. The third-order valence-electron chi connectivity index (χ3n) is 3.04. The number of carbonyl (C=O) groups excluding carboxylic acids is 1. The van der Waals surface area contributed by atoms with Gasteiger partial charge in [-0.3, -0.25) is 4.79 Å². The fourth-order valence-electron chi connectivity index (χ4n) is 1.63. The Bertz CT molecular complexity index is 379. The molecule has 0 radical (unpaired) electrons. The summed E-state index contributed by atoms with van der Waals surface area (Å²) < 4.78 is 57.8. The highest BCUT2D eigenvalue weighted by Gasteiger charge is 2.59. The van der Waals surface area contributed by atoms with Crippen LogP contribution in [-0.4, -0.2) is 33.8 Å². The predicted molar refractivity (Wildman–Crippen MR) is 71.3 cm³/mol. The Kier molecular flexibility index (Phi) is 6.22. The van der Waals surface area contributed by atoms with Crippen LogP contribution in [0.2, 0.25) is 0 Å². The van der Waals surface area contributed by atoms with Crippen LogP contribution in [0.3, 0.4) is 0 Å². The van der Waals surface area contributed by atoms with Gasteiger partial charge in [0.25, 0.3) is 0 Å². The largest absolute Gasteiger partial charge is 0.469 e. The maximum absolute atomic E-state index is 13.4. The molecule has 0 spiro atoms. The summed E-state index contributed by atoms with van der Waals surface area (Å²) in [6.07, 6.45) is -4.83. The summed E-state index contributed by atoms with van der Waals surface area (Å²) in [6.45, 7) is 6.93. The molecule has 0 aliphatic rings. The van der Waals surface area contributed by atoms with Gasteiger partial charge in [0.2, 0.25) is 0 Å². The highest BCUT2D eigenvalue weighted by atomic mass is 32.2. The fraction of sp³-hybridized carbons (Fsp3) is 0.917. The fourth-order valence-corrected chi connectivity index (χ4v) is 2.57. The van der Waals surface area contributed by atoms with Gasteiger partial charge in [0.15, 0.2) is 0 Å². The summed E-state index contributed by atoms with van der Waals surface area (Å²) >= 11 is 0. The van der Waals surface area contributed by atoms with Crippen molar-refractivity contribution in [2.75, 3.05) is 7.11 Å². The molecule has 20 heavy (non-hydrogen) atoms. The van der Waals surface area contributed by atoms with Crippen molar-refractivity contribution in [3.05, 3.63) is 0 Å². The van der Waals surface area contributed by atoms with E-state index < -0.39 is 39.3 Å². The maximum atomic E-state index is 13.4. The summed E-state index contributed by atoms with van der Waals surface area (Å²) in [5.74, 6) is -2.45. The monoisotopic (exact) mass is 317 g/mol. The molecule has 0 aromatic heterocycles. The molecule has 0 fully saturated rings. The van der Waals surface area contributed by atoms with E-state index in [-0.39, 0.29) is 6.42 Å². The van der Waals surface area contributed by atoms with Crippen LogP contribution in [0.1, 0.15) is 41.0 Å². The Balaban J connectivity index is 5.64. The number of esters is 1. The second-order valence-corrected chi connectivity index (χ2v) is 7.63. The SMILES string of the molecule is CC[C@H](C(=O)OC)[C@@](C)(N[S@@](=O)C(C)(C)C)C(F)(F)F. The lowest BCUT2D eigenvalue weighted by Gasteiger charge is -2.39. The molecule has 0 saturated carbocycles. The zero-order chi connectivity index (χ0) is 16.4. The summed E-state index contributed by atoms with van der Waals surface area (Å²) in [5, 5.41) is 0. The van der Waals surface area contributed by atoms with Gasteiger partial charge in [0.05, 0.1) is 28.8 Å². The first-order valence-electron chi connectivity index (χ1n) is 6.15.